The van der Waals surface area contributed by atoms with Gasteiger partial charge in [-0.15, -0.1) is 0 Å². The van der Waals surface area contributed by atoms with E-state index in [0.29, 0.717) is 12.0 Å². The van der Waals surface area contributed by atoms with Crippen molar-refractivity contribution in [2.45, 2.75) is 50.7 Å². The maximum atomic E-state index is 11.7. The van der Waals surface area contributed by atoms with E-state index >= 15 is 0 Å². The van der Waals surface area contributed by atoms with Gasteiger partial charge in [0.05, 0.1) is 6.33 Å². The highest BCUT2D eigenvalue weighted by Gasteiger charge is 2.44. The van der Waals surface area contributed by atoms with Crippen LogP contribution in [0.15, 0.2) is 43.0 Å². The molecule has 2 heterocycles. The van der Waals surface area contributed by atoms with E-state index in [1.807, 2.05) is 10.8 Å². The minimum Gasteiger partial charge on any atom is -0.480 e. The zero-order valence-electron chi connectivity index (χ0n) is 13.7. The average Bonchev–Trinajstić information content (AvgIpc) is 3.24. The molecule has 1 aliphatic carbocycles. The molecule has 1 saturated heterocycles. The molecule has 2 aromatic rings. The van der Waals surface area contributed by atoms with Crippen molar-refractivity contribution in [3.8, 4) is 5.69 Å². The highest BCUT2D eigenvalue weighted by atomic mass is 16.4. The summed E-state index contributed by atoms with van der Waals surface area (Å²) in [5.74, 6) is -0.107. The van der Waals surface area contributed by atoms with Crippen LogP contribution in [0.1, 0.15) is 37.7 Å². The maximum Gasteiger partial charge on any atom is 0.320 e. The van der Waals surface area contributed by atoms with Gasteiger partial charge in [0.2, 0.25) is 0 Å². The Kier molecular flexibility index (Phi) is 4.10. The molecule has 1 saturated carbocycles. The number of hydrogen-bond donors (Lipinski definition) is 1. The lowest BCUT2D eigenvalue weighted by atomic mass is 9.84. The minimum absolute atomic E-state index is 0.327. The number of fused-ring (bicyclic) bond motifs is 1. The first-order valence-electron chi connectivity index (χ1n) is 8.78. The predicted octanol–water partition coefficient (Wildman–Crippen LogP) is 3.09. The van der Waals surface area contributed by atoms with E-state index in [9.17, 15) is 9.90 Å². The molecule has 2 fully saturated rings. The van der Waals surface area contributed by atoms with E-state index in [2.05, 4.69) is 34.1 Å². The fraction of sp³-hybridized carbons (Fsp3) is 0.474. The molecule has 3 atom stereocenters. The monoisotopic (exact) mass is 325 g/mol. The standard InChI is InChI=1S/C19H23N3O2/c23-19(24)18-11-15-3-1-2-4-17(15)22(18)12-14-5-7-16(8-6-14)21-10-9-20-13-21/h5-10,13,15,17-18H,1-4,11-12H2,(H,23,24)/t15-,17+,18-/m0/s1. The number of imidazole rings is 1. The second-order valence-electron chi connectivity index (χ2n) is 7.01. The van der Waals surface area contributed by atoms with Crippen molar-refractivity contribution >= 4 is 5.97 Å². The SMILES string of the molecule is O=C(O)[C@@H]1C[C@@H]2CCCC[C@H]2N1Cc1ccc(-n2ccnc2)cc1. The van der Waals surface area contributed by atoms with Gasteiger partial charge in [0, 0.05) is 30.7 Å². The number of aliphatic carboxylic acids is 1. The van der Waals surface area contributed by atoms with Crippen molar-refractivity contribution in [3.05, 3.63) is 48.5 Å². The van der Waals surface area contributed by atoms with Crippen molar-refractivity contribution in [1.82, 2.24) is 14.5 Å². The van der Waals surface area contributed by atoms with E-state index in [4.69, 9.17) is 0 Å². The molecule has 126 valence electrons. The summed E-state index contributed by atoms with van der Waals surface area (Å²) < 4.78 is 1.97. The topological polar surface area (TPSA) is 58.4 Å². The fourth-order valence-corrected chi connectivity index (χ4v) is 4.42. The van der Waals surface area contributed by atoms with Crippen LogP contribution in [-0.4, -0.2) is 37.6 Å². The summed E-state index contributed by atoms with van der Waals surface area (Å²) >= 11 is 0. The zero-order valence-corrected chi connectivity index (χ0v) is 13.7. The van der Waals surface area contributed by atoms with Gasteiger partial charge in [-0.25, -0.2) is 4.98 Å². The molecule has 4 rings (SSSR count). The van der Waals surface area contributed by atoms with Gasteiger partial charge in [0.15, 0.2) is 0 Å². The summed E-state index contributed by atoms with van der Waals surface area (Å²) in [6.07, 6.45) is 11.1. The van der Waals surface area contributed by atoms with Gasteiger partial charge in [-0.3, -0.25) is 9.69 Å². The molecular weight excluding hydrogens is 302 g/mol. The second kappa shape index (κ2) is 6.40. The molecule has 1 aromatic heterocycles. The molecule has 1 aromatic carbocycles. The molecule has 24 heavy (non-hydrogen) atoms. The molecule has 0 unspecified atom stereocenters. The normalized spacial score (nSPS) is 27.1. The first-order valence-corrected chi connectivity index (χ1v) is 8.78. The van der Waals surface area contributed by atoms with Crippen LogP contribution in [0.5, 0.6) is 0 Å². The highest BCUT2D eigenvalue weighted by Crippen LogP contribution is 2.40. The van der Waals surface area contributed by atoms with E-state index in [-0.39, 0.29) is 6.04 Å². The van der Waals surface area contributed by atoms with Crippen molar-refractivity contribution in [1.29, 1.82) is 0 Å². The summed E-state index contributed by atoms with van der Waals surface area (Å²) in [6, 6.07) is 8.46. The zero-order chi connectivity index (χ0) is 16.5. The summed E-state index contributed by atoms with van der Waals surface area (Å²) in [4.78, 5) is 18.0. The third-order valence-electron chi connectivity index (χ3n) is 5.61. The second-order valence-corrected chi connectivity index (χ2v) is 7.01. The van der Waals surface area contributed by atoms with Gasteiger partial charge in [-0.05, 0) is 42.9 Å². The lowest BCUT2D eigenvalue weighted by molar-refractivity contribution is -0.142. The molecule has 1 N–H and O–H groups in total. The van der Waals surface area contributed by atoms with Gasteiger partial charge in [0.25, 0.3) is 0 Å². The first kappa shape index (κ1) is 15.4. The van der Waals surface area contributed by atoms with Crippen LogP contribution in [-0.2, 0) is 11.3 Å². The number of carbonyl (C=O) groups is 1. The summed E-state index contributed by atoms with van der Waals surface area (Å²) in [7, 11) is 0. The number of rotatable bonds is 4. The van der Waals surface area contributed by atoms with Crippen molar-refractivity contribution in [2.24, 2.45) is 5.92 Å². The third-order valence-corrected chi connectivity index (χ3v) is 5.61. The van der Waals surface area contributed by atoms with Gasteiger partial charge < -0.3 is 9.67 Å². The largest absolute Gasteiger partial charge is 0.480 e. The number of benzene rings is 1. The fourth-order valence-electron chi connectivity index (χ4n) is 4.42. The Hall–Kier alpha value is -2.14. The Morgan fingerprint density at radius 3 is 2.71 bits per heavy atom. The summed E-state index contributed by atoms with van der Waals surface area (Å²) in [6.45, 7) is 0.725. The number of carboxylic acid groups (broad SMARTS) is 1. The Morgan fingerprint density at radius 1 is 1.21 bits per heavy atom. The summed E-state index contributed by atoms with van der Waals surface area (Å²) in [5.41, 5.74) is 2.25. The van der Waals surface area contributed by atoms with Crippen molar-refractivity contribution in [3.63, 3.8) is 0 Å². The van der Waals surface area contributed by atoms with Gasteiger partial charge in [-0.1, -0.05) is 25.0 Å². The lowest BCUT2D eigenvalue weighted by Crippen LogP contribution is -2.41. The molecule has 2 aliphatic rings. The van der Waals surface area contributed by atoms with Crippen LogP contribution in [0.2, 0.25) is 0 Å². The van der Waals surface area contributed by atoms with Gasteiger partial charge >= 0.3 is 5.97 Å². The molecule has 5 heteroatoms. The van der Waals surface area contributed by atoms with Crippen LogP contribution in [0.25, 0.3) is 5.69 Å². The Bertz CT molecular complexity index is 696. The Morgan fingerprint density at radius 2 is 2.00 bits per heavy atom. The molecule has 0 amide bonds. The van der Waals surface area contributed by atoms with Gasteiger partial charge in [0.1, 0.15) is 6.04 Å². The number of aromatic nitrogens is 2. The lowest BCUT2D eigenvalue weighted by Gasteiger charge is -2.33. The number of carboxylic acids is 1. The number of hydrogen-bond acceptors (Lipinski definition) is 3. The van der Waals surface area contributed by atoms with E-state index in [1.165, 1.54) is 24.8 Å². The number of nitrogens with zero attached hydrogens (tertiary/aromatic N) is 3. The molecule has 0 spiro atoms. The third kappa shape index (κ3) is 2.84. The van der Waals surface area contributed by atoms with Crippen LogP contribution >= 0.6 is 0 Å². The van der Waals surface area contributed by atoms with Crippen molar-refractivity contribution in [2.75, 3.05) is 0 Å². The quantitative estimate of drug-likeness (QED) is 0.938. The maximum absolute atomic E-state index is 11.7. The van der Waals surface area contributed by atoms with Crippen LogP contribution in [0, 0.1) is 5.92 Å². The molecule has 0 bridgehead atoms. The Balaban J connectivity index is 1.53. The van der Waals surface area contributed by atoms with Crippen LogP contribution in [0.3, 0.4) is 0 Å². The Labute approximate surface area is 141 Å². The van der Waals surface area contributed by atoms with Crippen LogP contribution < -0.4 is 0 Å². The highest BCUT2D eigenvalue weighted by molar-refractivity contribution is 5.74. The van der Waals surface area contributed by atoms with Crippen molar-refractivity contribution < 1.29 is 9.90 Å². The molecular formula is C19H23N3O2. The van der Waals surface area contributed by atoms with E-state index in [1.54, 1.807) is 12.5 Å². The number of likely N-dealkylation sites (tertiary alicyclic amines) is 1. The van der Waals surface area contributed by atoms with E-state index < -0.39 is 5.97 Å². The smallest absolute Gasteiger partial charge is 0.320 e. The summed E-state index contributed by atoms with van der Waals surface area (Å²) in [5, 5.41) is 9.63. The van der Waals surface area contributed by atoms with E-state index in [0.717, 1.165) is 25.1 Å². The minimum atomic E-state index is -0.667. The van der Waals surface area contributed by atoms with Gasteiger partial charge in [-0.2, -0.15) is 0 Å². The first-order chi connectivity index (χ1) is 11.7. The molecule has 1 aliphatic heterocycles. The molecule has 0 radical (unpaired) electrons. The molecule has 5 nitrogen and oxygen atoms in total. The van der Waals surface area contributed by atoms with Crippen LogP contribution in [0.4, 0.5) is 0 Å². The predicted molar refractivity (Wildman–Crippen MR) is 90.9 cm³/mol. The average molecular weight is 325 g/mol.